The number of nitrogens with zero attached hydrogens (tertiary/aromatic N) is 1. The number of carboxylic acids is 1. The normalized spacial score (nSPS) is 11.9. The molecule has 0 bridgehead atoms. The summed E-state index contributed by atoms with van der Waals surface area (Å²) in [4.78, 5) is 28.5. The quantitative estimate of drug-likeness (QED) is 0.505. The van der Waals surface area contributed by atoms with Gasteiger partial charge in [0.05, 0.1) is 0 Å². The van der Waals surface area contributed by atoms with Gasteiger partial charge < -0.3 is 31.6 Å². The van der Waals surface area contributed by atoms with Crippen molar-refractivity contribution in [3.63, 3.8) is 0 Å². The zero-order valence-electron chi connectivity index (χ0n) is 13.1. The highest BCUT2D eigenvalue weighted by Crippen LogP contribution is 2.06. The molecule has 0 aromatic carbocycles. The van der Waals surface area contributed by atoms with Gasteiger partial charge >= 0.3 is 12.1 Å². The summed E-state index contributed by atoms with van der Waals surface area (Å²) in [5.41, 5.74) is 9.74. The van der Waals surface area contributed by atoms with Crippen molar-refractivity contribution in [1.82, 2.24) is 15.3 Å². The van der Waals surface area contributed by atoms with E-state index in [-0.39, 0.29) is 6.54 Å². The molecule has 9 nitrogen and oxygen atoms in total. The van der Waals surface area contributed by atoms with Crippen molar-refractivity contribution in [3.8, 4) is 0 Å². The van der Waals surface area contributed by atoms with Gasteiger partial charge in [-0.25, -0.2) is 14.6 Å². The summed E-state index contributed by atoms with van der Waals surface area (Å²) in [6.45, 7) is 5.54. The molecule has 7 N–H and O–H groups in total. The van der Waals surface area contributed by atoms with E-state index in [1.54, 1.807) is 33.2 Å². The number of carboxylic acid groups (broad SMARTS) is 1. The second kappa shape index (κ2) is 9.74. The number of aromatic amines is 1. The van der Waals surface area contributed by atoms with Gasteiger partial charge in [0.15, 0.2) is 0 Å². The van der Waals surface area contributed by atoms with E-state index >= 15 is 0 Å². The molecule has 0 aliphatic carbocycles. The molecule has 0 spiro atoms. The van der Waals surface area contributed by atoms with Crippen LogP contribution in [-0.4, -0.2) is 51.9 Å². The van der Waals surface area contributed by atoms with Gasteiger partial charge in [-0.1, -0.05) is 0 Å². The van der Waals surface area contributed by atoms with Gasteiger partial charge in [-0.15, -0.1) is 0 Å². The number of carbonyl (C=O) groups is 2. The van der Waals surface area contributed by atoms with Gasteiger partial charge in [0, 0.05) is 25.4 Å². The molecule has 0 saturated heterocycles. The lowest BCUT2D eigenvalue weighted by Gasteiger charge is -2.21. The minimum Gasteiger partial charge on any atom is -0.480 e. The highest BCUT2D eigenvalue weighted by molar-refractivity contribution is 5.80. The molecule has 126 valence electrons. The van der Waals surface area contributed by atoms with E-state index in [2.05, 4.69) is 15.3 Å². The summed E-state index contributed by atoms with van der Waals surface area (Å²) in [5, 5.41) is 10.7. The van der Waals surface area contributed by atoms with Crippen LogP contribution in [0.15, 0.2) is 12.4 Å². The molecule has 1 atom stereocenters. The van der Waals surface area contributed by atoms with Crippen molar-refractivity contribution in [2.45, 2.75) is 38.8 Å². The number of alkyl carbamates (subject to hydrolysis) is 1. The number of nitrogens with two attached hydrogens (primary N) is 2. The molecule has 1 aromatic heterocycles. The Balaban J connectivity index is 0.000000461. The lowest BCUT2D eigenvalue weighted by Crippen LogP contribution is -2.47. The van der Waals surface area contributed by atoms with Crippen LogP contribution in [0.25, 0.3) is 0 Å². The Bertz CT molecular complexity index is 442. The number of hydrogen-bond donors (Lipinski definition) is 5. The van der Waals surface area contributed by atoms with Gasteiger partial charge in [-0.3, -0.25) is 0 Å². The van der Waals surface area contributed by atoms with Gasteiger partial charge in [-0.2, -0.15) is 0 Å². The van der Waals surface area contributed by atoms with E-state index < -0.39 is 23.7 Å². The van der Waals surface area contributed by atoms with Crippen molar-refractivity contribution in [1.29, 1.82) is 0 Å². The third-order valence-corrected chi connectivity index (χ3v) is 2.16. The van der Waals surface area contributed by atoms with Crippen LogP contribution < -0.4 is 16.8 Å². The van der Waals surface area contributed by atoms with Gasteiger partial charge in [0.2, 0.25) is 0 Å². The van der Waals surface area contributed by atoms with E-state index in [0.717, 1.165) is 12.2 Å². The lowest BCUT2D eigenvalue weighted by atomic mass is 10.2. The Labute approximate surface area is 129 Å². The third-order valence-electron chi connectivity index (χ3n) is 2.16. The summed E-state index contributed by atoms with van der Waals surface area (Å²) in [7, 11) is 0. The fourth-order valence-corrected chi connectivity index (χ4v) is 1.24. The number of aliphatic carboxylic acids is 1. The van der Waals surface area contributed by atoms with E-state index in [0.29, 0.717) is 6.54 Å². The Morgan fingerprint density at radius 3 is 2.45 bits per heavy atom. The molecule has 0 radical (unpaired) electrons. The molecule has 1 heterocycles. The maximum atomic E-state index is 11.1. The Morgan fingerprint density at radius 2 is 2.09 bits per heavy atom. The number of ether oxygens (including phenoxy) is 1. The summed E-state index contributed by atoms with van der Waals surface area (Å²) in [6, 6.07) is -1.11. The average Bonchev–Trinajstić information content (AvgIpc) is 2.87. The zero-order valence-corrected chi connectivity index (χ0v) is 13.1. The van der Waals surface area contributed by atoms with Crippen molar-refractivity contribution >= 4 is 12.1 Å². The summed E-state index contributed by atoms with van der Waals surface area (Å²) in [5.74, 6) is -0.217. The number of H-pyrrole nitrogens is 1. The third kappa shape index (κ3) is 9.72. The van der Waals surface area contributed by atoms with Crippen molar-refractivity contribution in [2.24, 2.45) is 11.5 Å². The monoisotopic (exact) mass is 315 g/mol. The molecule has 22 heavy (non-hydrogen) atoms. The van der Waals surface area contributed by atoms with Crippen LogP contribution in [0, 0.1) is 0 Å². The molecular formula is C13H25N5O4. The van der Waals surface area contributed by atoms with Crippen LogP contribution >= 0.6 is 0 Å². The number of imidazole rings is 1. The van der Waals surface area contributed by atoms with Crippen molar-refractivity contribution in [2.75, 3.05) is 13.1 Å². The topological polar surface area (TPSA) is 156 Å². The number of nitrogens with one attached hydrogen (secondary N) is 2. The van der Waals surface area contributed by atoms with Crippen molar-refractivity contribution in [3.05, 3.63) is 18.2 Å². The molecule has 0 unspecified atom stereocenters. The lowest BCUT2D eigenvalue weighted by molar-refractivity contribution is -0.139. The maximum Gasteiger partial charge on any atom is 0.408 e. The summed E-state index contributed by atoms with van der Waals surface area (Å²) >= 11 is 0. The molecule has 0 saturated carbocycles. The van der Waals surface area contributed by atoms with Crippen LogP contribution in [0.1, 0.15) is 26.6 Å². The second-order valence-electron chi connectivity index (χ2n) is 5.35. The zero-order chi connectivity index (χ0) is 17.2. The molecule has 1 aromatic rings. The first kappa shape index (κ1) is 19.9. The Kier molecular flexibility index (Phi) is 8.80. The standard InChI is InChI=1S/C8H16N2O4.C5H9N3/c1-8(2,3)14-7(13)10-5(4-9)6(11)12;6-2-1-5-7-3-4-8-5/h5H,4,9H2,1-3H3,(H,10,13)(H,11,12);3-4H,1-2,6H2,(H,7,8)/t5-;/m0./s1. The van der Waals surface area contributed by atoms with Gasteiger partial charge in [0.25, 0.3) is 0 Å². The SMILES string of the molecule is CC(C)(C)OC(=O)N[C@@H](CN)C(=O)O.NCCc1ncc[nH]1. The first-order valence-electron chi connectivity index (χ1n) is 6.80. The van der Waals surface area contributed by atoms with E-state index in [1.165, 1.54) is 0 Å². The van der Waals surface area contributed by atoms with Crippen LogP contribution in [-0.2, 0) is 16.0 Å². The fraction of sp³-hybridized carbons (Fsp3) is 0.615. The second-order valence-corrected chi connectivity index (χ2v) is 5.35. The van der Waals surface area contributed by atoms with Crippen molar-refractivity contribution < 1.29 is 19.4 Å². The van der Waals surface area contributed by atoms with E-state index in [1.807, 2.05) is 0 Å². The molecule has 1 amide bonds. The number of amides is 1. The molecule has 0 aliphatic heterocycles. The van der Waals surface area contributed by atoms with Crippen LogP contribution in [0.4, 0.5) is 4.79 Å². The average molecular weight is 315 g/mol. The van der Waals surface area contributed by atoms with Gasteiger partial charge in [0.1, 0.15) is 17.5 Å². The van der Waals surface area contributed by atoms with Crippen LogP contribution in [0.5, 0.6) is 0 Å². The largest absolute Gasteiger partial charge is 0.480 e. The number of carbonyl (C=O) groups excluding carboxylic acids is 1. The van der Waals surface area contributed by atoms with E-state index in [9.17, 15) is 9.59 Å². The first-order chi connectivity index (χ1) is 10.2. The molecular weight excluding hydrogens is 290 g/mol. The highest BCUT2D eigenvalue weighted by Gasteiger charge is 2.22. The highest BCUT2D eigenvalue weighted by atomic mass is 16.6. The summed E-state index contributed by atoms with van der Waals surface area (Å²) in [6.07, 6.45) is 3.58. The Morgan fingerprint density at radius 1 is 1.45 bits per heavy atom. The molecule has 0 aliphatic rings. The van der Waals surface area contributed by atoms with E-state index in [4.69, 9.17) is 21.3 Å². The predicted octanol–water partition coefficient (Wildman–Crippen LogP) is -0.166. The maximum absolute atomic E-state index is 11.1. The molecule has 9 heteroatoms. The van der Waals surface area contributed by atoms with Gasteiger partial charge in [-0.05, 0) is 27.3 Å². The predicted molar refractivity (Wildman–Crippen MR) is 81.2 cm³/mol. The van der Waals surface area contributed by atoms with Crippen LogP contribution in [0.2, 0.25) is 0 Å². The number of aromatic nitrogens is 2. The minimum atomic E-state index is -1.18. The number of hydrogen-bond acceptors (Lipinski definition) is 6. The molecule has 0 fully saturated rings. The first-order valence-corrected chi connectivity index (χ1v) is 6.80. The molecule has 1 rings (SSSR count). The smallest absolute Gasteiger partial charge is 0.408 e. The number of rotatable bonds is 5. The fourth-order valence-electron chi connectivity index (χ4n) is 1.24. The van der Waals surface area contributed by atoms with Crippen LogP contribution in [0.3, 0.4) is 0 Å². The Hall–Kier alpha value is -2.13. The summed E-state index contributed by atoms with van der Waals surface area (Å²) < 4.78 is 4.85. The minimum absolute atomic E-state index is 0.172.